The normalized spacial score (nSPS) is 12.9. The number of hydrogen-bond donors (Lipinski definition) is 1. The van der Waals surface area contributed by atoms with E-state index in [9.17, 15) is 13.2 Å². The third kappa shape index (κ3) is 16.8. The van der Waals surface area contributed by atoms with E-state index >= 15 is 0 Å². The molecule has 0 fully saturated rings. The van der Waals surface area contributed by atoms with Crippen LogP contribution in [-0.4, -0.2) is 24.4 Å². The first-order valence-electron chi connectivity index (χ1n) is 10.5. The minimum absolute atomic E-state index is 0.206. The van der Waals surface area contributed by atoms with E-state index < -0.39 is 21.5 Å². The zero-order chi connectivity index (χ0) is 19.7. The molecule has 6 heteroatoms. The highest BCUT2D eigenvalue weighted by Crippen LogP contribution is 2.14. The molecule has 5 nitrogen and oxygen atoms in total. The van der Waals surface area contributed by atoms with E-state index in [0.29, 0.717) is 6.42 Å². The Morgan fingerprint density at radius 2 is 1.12 bits per heavy atom. The highest BCUT2D eigenvalue weighted by molar-refractivity contribution is 7.86. The first-order valence-corrected chi connectivity index (χ1v) is 12.0. The van der Waals surface area contributed by atoms with Gasteiger partial charge < -0.3 is 4.74 Å². The molecule has 0 aliphatic rings. The van der Waals surface area contributed by atoms with Crippen LogP contribution in [0.25, 0.3) is 0 Å². The third-order valence-corrected chi connectivity index (χ3v) is 5.64. The first-order chi connectivity index (χ1) is 12.4. The summed E-state index contributed by atoms with van der Waals surface area (Å²) in [6.45, 7) is 3.40. The summed E-state index contributed by atoms with van der Waals surface area (Å²) in [5, 5.41) is 0. The second-order valence-electron chi connectivity index (χ2n) is 7.27. The van der Waals surface area contributed by atoms with Crippen molar-refractivity contribution < 1.29 is 22.5 Å². The maximum absolute atomic E-state index is 11.4. The van der Waals surface area contributed by atoms with Crippen LogP contribution in [0.15, 0.2) is 0 Å². The zero-order valence-corrected chi connectivity index (χ0v) is 17.7. The van der Waals surface area contributed by atoms with Crippen molar-refractivity contribution in [2.75, 3.05) is 0 Å². The van der Waals surface area contributed by atoms with Crippen molar-refractivity contribution in [1.82, 2.24) is 0 Å². The monoisotopic (exact) mass is 392 g/mol. The van der Waals surface area contributed by atoms with Crippen LogP contribution in [-0.2, 0) is 19.6 Å². The lowest BCUT2D eigenvalue weighted by molar-refractivity contribution is -0.145. The van der Waals surface area contributed by atoms with Crippen molar-refractivity contribution in [2.45, 2.75) is 122 Å². The van der Waals surface area contributed by atoms with E-state index in [0.717, 1.165) is 19.8 Å². The SMILES string of the molecule is CCCCCCCCCCCCCCCCCC(=O)OC(C)S(=O)(=O)O. The van der Waals surface area contributed by atoms with Crippen molar-refractivity contribution in [3.63, 3.8) is 0 Å². The number of esters is 1. The summed E-state index contributed by atoms with van der Waals surface area (Å²) in [4.78, 5) is 11.4. The van der Waals surface area contributed by atoms with Gasteiger partial charge >= 0.3 is 16.1 Å². The molecule has 0 heterocycles. The molecule has 26 heavy (non-hydrogen) atoms. The molecule has 0 aromatic rings. The minimum atomic E-state index is -4.30. The Hall–Kier alpha value is -0.620. The van der Waals surface area contributed by atoms with Gasteiger partial charge in [-0.3, -0.25) is 9.35 Å². The number of carbonyl (C=O) groups is 1. The molecular formula is C20H40O5S. The highest BCUT2D eigenvalue weighted by Gasteiger charge is 2.21. The molecule has 0 aromatic carbocycles. The lowest BCUT2D eigenvalue weighted by atomic mass is 10.0. The number of rotatable bonds is 18. The fourth-order valence-corrected chi connectivity index (χ4v) is 3.17. The maximum atomic E-state index is 11.4. The van der Waals surface area contributed by atoms with E-state index in [1.165, 1.54) is 77.0 Å². The molecule has 156 valence electrons. The molecule has 1 unspecified atom stereocenters. The minimum Gasteiger partial charge on any atom is -0.444 e. The smallest absolute Gasteiger partial charge is 0.307 e. The predicted molar refractivity (Wildman–Crippen MR) is 107 cm³/mol. The average molecular weight is 393 g/mol. The first kappa shape index (κ1) is 25.4. The molecule has 0 bridgehead atoms. The fourth-order valence-electron chi connectivity index (χ4n) is 2.95. The van der Waals surface area contributed by atoms with Crippen LogP contribution in [0.1, 0.15) is 117 Å². The Morgan fingerprint density at radius 3 is 1.46 bits per heavy atom. The quantitative estimate of drug-likeness (QED) is 0.175. The second kappa shape index (κ2) is 16.5. The van der Waals surface area contributed by atoms with Gasteiger partial charge in [0.25, 0.3) is 0 Å². The zero-order valence-electron chi connectivity index (χ0n) is 16.9. The van der Waals surface area contributed by atoms with Gasteiger partial charge in [0.05, 0.1) is 0 Å². The molecule has 0 aliphatic heterocycles. The summed E-state index contributed by atoms with van der Waals surface area (Å²) in [5.74, 6) is -0.565. The summed E-state index contributed by atoms with van der Waals surface area (Å²) in [7, 11) is -4.30. The van der Waals surface area contributed by atoms with Crippen molar-refractivity contribution >= 4 is 16.1 Å². The van der Waals surface area contributed by atoms with Gasteiger partial charge in [0, 0.05) is 6.42 Å². The summed E-state index contributed by atoms with van der Waals surface area (Å²) in [6, 6.07) is 0. The Bertz CT molecular complexity index is 433. The van der Waals surface area contributed by atoms with Crippen LogP contribution in [0.5, 0.6) is 0 Å². The number of unbranched alkanes of at least 4 members (excludes halogenated alkanes) is 14. The van der Waals surface area contributed by atoms with Gasteiger partial charge in [0.15, 0.2) is 0 Å². The molecule has 0 spiro atoms. The lowest BCUT2D eigenvalue weighted by Gasteiger charge is -2.09. The summed E-state index contributed by atoms with van der Waals surface area (Å²) >= 11 is 0. The van der Waals surface area contributed by atoms with Crippen LogP contribution in [0.2, 0.25) is 0 Å². The van der Waals surface area contributed by atoms with Crippen molar-refractivity contribution in [1.29, 1.82) is 0 Å². The van der Waals surface area contributed by atoms with E-state index in [1.807, 2.05) is 0 Å². The van der Waals surface area contributed by atoms with E-state index in [2.05, 4.69) is 11.7 Å². The van der Waals surface area contributed by atoms with E-state index in [4.69, 9.17) is 4.55 Å². The summed E-state index contributed by atoms with van der Waals surface area (Å²) in [5.41, 5.74) is -1.48. The lowest BCUT2D eigenvalue weighted by Crippen LogP contribution is -2.23. The maximum Gasteiger partial charge on any atom is 0.307 e. The molecule has 0 rings (SSSR count). The molecular weight excluding hydrogens is 352 g/mol. The topological polar surface area (TPSA) is 80.7 Å². The Morgan fingerprint density at radius 1 is 0.769 bits per heavy atom. The fraction of sp³-hybridized carbons (Fsp3) is 0.950. The molecule has 1 atom stereocenters. The largest absolute Gasteiger partial charge is 0.444 e. The van der Waals surface area contributed by atoms with Crippen LogP contribution < -0.4 is 0 Å². The predicted octanol–water partition coefficient (Wildman–Crippen LogP) is 6.02. The van der Waals surface area contributed by atoms with Gasteiger partial charge in [-0.05, 0) is 13.3 Å². The third-order valence-electron chi connectivity index (χ3n) is 4.70. The second-order valence-corrected chi connectivity index (χ2v) is 8.97. The van der Waals surface area contributed by atoms with Crippen molar-refractivity contribution in [2.24, 2.45) is 0 Å². The van der Waals surface area contributed by atoms with Crippen LogP contribution >= 0.6 is 0 Å². The van der Waals surface area contributed by atoms with Gasteiger partial charge in [-0.2, -0.15) is 8.42 Å². The van der Waals surface area contributed by atoms with Gasteiger partial charge in [-0.15, -0.1) is 0 Å². The summed E-state index contributed by atoms with van der Waals surface area (Å²) < 4.78 is 34.9. The van der Waals surface area contributed by atoms with E-state index in [1.54, 1.807) is 0 Å². The number of carbonyl (C=O) groups excluding carboxylic acids is 1. The molecule has 0 amide bonds. The standard InChI is InChI=1S/C20H40O5S/c1-3-4-5-6-7-8-9-10-11-12-13-14-15-16-17-18-20(21)25-19(2)26(22,23)24/h19H,3-18H2,1-2H3,(H,22,23,24). The molecule has 0 saturated carbocycles. The molecule has 0 aliphatic carbocycles. The molecule has 1 N–H and O–H groups in total. The van der Waals surface area contributed by atoms with Gasteiger partial charge in [0.2, 0.25) is 5.44 Å². The van der Waals surface area contributed by atoms with Gasteiger partial charge in [-0.25, -0.2) is 0 Å². The van der Waals surface area contributed by atoms with E-state index in [-0.39, 0.29) is 6.42 Å². The Labute approximate surface area is 161 Å². The van der Waals surface area contributed by atoms with Crippen molar-refractivity contribution in [3.8, 4) is 0 Å². The Balaban J connectivity index is 3.28. The molecule has 0 aromatic heterocycles. The number of hydrogen-bond acceptors (Lipinski definition) is 4. The highest BCUT2D eigenvalue weighted by atomic mass is 32.2. The van der Waals surface area contributed by atoms with Crippen molar-refractivity contribution in [3.05, 3.63) is 0 Å². The molecule has 0 saturated heterocycles. The number of ether oxygens (including phenoxy) is 1. The Kier molecular flexibility index (Phi) is 16.2. The van der Waals surface area contributed by atoms with Crippen LogP contribution in [0.4, 0.5) is 0 Å². The average Bonchev–Trinajstić information content (AvgIpc) is 2.57. The molecule has 0 radical (unpaired) electrons. The summed E-state index contributed by atoms with van der Waals surface area (Å²) in [6.07, 6.45) is 19.0. The van der Waals surface area contributed by atoms with Gasteiger partial charge in [0.1, 0.15) is 0 Å². The van der Waals surface area contributed by atoms with Crippen LogP contribution in [0, 0.1) is 0 Å². The van der Waals surface area contributed by atoms with Crippen LogP contribution in [0.3, 0.4) is 0 Å². The van der Waals surface area contributed by atoms with Gasteiger partial charge in [-0.1, -0.05) is 96.8 Å².